The molecule has 3 heterocycles. The van der Waals surface area contributed by atoms with Gasteiger partial charge in [-0.1, -0.05) is 0 Å². The zero-order chi connectivity index (χ0) is 12.7. The monoisotopic (exact) mass is 269 g/mol. The molecule has 0 amide bonds. The minimum Gasteiger partial charge on any atom is -0.394 e. The maximum atomic E-state index is 9.85. The SMILES string of the molecule is OC[C@H]1OC(c2ncc3scnc3n2)[C@H](O)[C@@H]1O. The Kier molecular flexibility index (Phi) is 2.96. The first-order valence-electron chi connectivity index (χ1n) is 5.39. The predicted molar refractivity (Wildman–Crippen MR) is 61.9 cm³/mol. The van der Waals surface area contributed by atoms with Gasteiger partial charge in [0.15, 0.2) is 11.5 Å². The number of hydrogen-bond donors (Lipinski definition) is 3. The summed E-state index contributed by atoms with van der Waals surface area (Å²) in [5.74, 6) is 0.260. The van der Waals surface area contributed by atoms with E-state index in [2.05, 4.69) is 15.0 Å². The van der Waals surface area contributed by atoms with Crippen LogP contribution in [0.25, 0.3) is 10.3 Å². The van der Waals surface area contributed by atoms with Crippen molar-refractivity contribution in [2.45, 2.75) is 24.4 Å². The van der Waals surface area contributed by atoms with E-state index in [1.807, 2.05) is 0 Å². The van der Waals surface area contributed by atoms with Crippen molar-refractivity contribution in [2.24, 2.45) is 0 Å². The van der Waals surface area contributed by atoms with Gasteiger partial charge in [-0.3, -0.25) is 0 Å². The van der Waals surface area contributed by atoms with Crippen LogP contribution in [0.1, 0.15) is 11.9 Å². The normalized spacial score (nSPS) is 32.2. The molecular formula is C10H11N3O4S. The molecule has 2 aromatic heterocycles. The van der Waals surface area contributed by atoms with Crippen LogP contribution in [-0.4, -0.2) is 55.2 Å². The lowest BCUT2D eigenvalue weighted by Gasteiger charge is -2.12. The molecule has 2 aromatic rings. The summed E-state index contributed by atoms with van der Waals surface area (Å²) in [5.41, 5.74) is 2.18. The number of aliphatic hydroxyl groups excluding tert-OH is 3. The molecule has 1 fully saturated rings. The Hall–Kier alpha value is -1.19. The first kappa shape index (κ1) is 11.9. The van der Waals surface area contributed by atoms with Crippen molar-refractivity contribution in [2.75, 3.05) is 6.61 Å². The van der Waals surface area contributed by atoms with E-state index < -0.39 is 24.4 Å². The second kappa shape index (κ2) is 4.48. The van der Waals surface area contributed by atoms with E-state index in [9.17, 15) is 10.2 Å². The smallest absolute Gasteiger partial charge is 0.173 e. The highest BCUT2D eigenvalue weighted by Crippen LogP contribution is 2.32. The maximum Gasteiger partial charge on any atom is 0.173 e. The first-order chi connectivity index (χ1) is 8.70. The molecule has 0 spiro atoms. The van der Waals surface area contributed by atoms with Crippen LogP contribution in [0.15, 0.2) is 11.7 Å². The highest BCUT2D eigenvalue weighted by molar-refractivity contribution is 7.16. The molecule has 4 atom stereocenters. The number of aliphatic hydroxyl groups is 3. The predicted octanol–water partition coefficient (Wildman–Crippen LogP) is -0.760. The maximum absolute atomic E-state index is 9.85. The van der Waals surface area contributed by atoms with Gasteiger partial charge >= 0.3 is 0 Å². The molecule has 0 saturated carbocycles. The van der Waals surface area contributed by atoms with Gasteiger partial charge in [0.25, 0.3) is 0 Å². The van der Waals surface area contributed by atoms with Crippen molar-refractivity contribution in [3.05, 3.63) is 17.5 Å². The van der Waals surface area contributed by atoms with Gasteiger partial charge in [0, 0.05) is 0 Å². The molecule has 1 aliphatic rings. The molecule has 3 N–H and O–H groups in total. The molecule has 7 nitrogen and oxygen atoms in total. The quantitative estimate of drug-likeness (QED) is 0.657. The van der Waals surface area contributed by atoms with Crippen LogP contribution in [0.5, 0.6) is 0 Å². The van der Waals surface area contributed by atoms with Gasteiger partial charge < -0.3 is 20.1 Å². The van der Waals surface area contributed by atoms with Crippen LogP contribution in [0.3, 0.4) is 0 Å². The Morgan fingerprint density at radius 3 is 2.83 bits per heavy atom. The molecule has 0 aliphatic carbocycles. The molecule has 0 radical (unpaired) electrons. The molecule has 1 saturated heterocycles. The largest absolute Gasteiger partial charge is 0.394 e. The topological polar surface area (TPSA) is 109 Å². The van der Waals surface area contributed by atoms with Gasteiger partial charge in [0.05, 0.1) is 23.0 Å². The molecule has 1 unspecified atom stereocenters. The van der Waals surface area contributed by atoms with Crippen LogP contribution in [0.4, 0.5) is 0 Å². The zero-order valence-corrected chi connectivity index (χ0v) is 9.99. The van der Waals surface area contributed by atoms with Crippen LogP contribution < -0.4 is 0 Å². The molecular weight excluding hydrogens is 258 g/mol. The summed E-state index contributed by atoms with van der Waals surface area (Å²) in [6.07, 6.45) is -2.36. The van der Waals surface area contributed by atoms with Gasteiger partial charge in [0.1, 0.15) is 24.4 Å². The summed E-state index contributed by atoms with van der Waals surface area (Å²) in [5, 5.41) is 28.5. The minimum absolute atomic E-state index is 0.260. The van der Waals surface area contributed by atoms with Crippen LogP contribution in [0.2, 0.25) is 0 Å². The summed E-state index contributed by atoms with van der Waals surface area (Å²) < 4.78 is 6.19. The molecule has 18 heavy (non-hydrogen) atoms. The van der Waals surface area contributed by atoms with E-state index in [1.54, 1.807) is 11.7 Å². The van der Waals surface area contributed by atoms with Crippen molar-refractivity contribution in [1.29, 1.82) is 0 Å². The standard InChI is InChI=1S/C10H11N3O4S/c14-2-4-6(15)7(16)8(17-4)10-11-1-5-9(13-10)12-3-18-5/h1,3-4,6-8,14-16H,2H2/t4-,6-,7-,8?/m1/s1. The average molecular weight is 269 g/mol. The number of hydrogen-bond acceptors (Lipinski definition) is 8. The van der Waals surface area contributed by atoms with Gasteiger partial charge in [-0.15, -0.1) is 11.3 Å². The lowest BCUT2D eigenvalue weighted by atomic mass is 10.1. The molecule has 0 aromatic carbocycles. The summed E-state index contributed by atoms with van der Waals surface area (Å²) in [4.78, 5) is 12.3. The fraction of sp³-hybridized carbons (Fsp3) is 0.500. The van der Waals surface area contributed by atoms with E-state index in [4.69, 9.17) is 9.84 Å². The second-order valence-electron chi connectivity index (χ2n) is 4.03. The van der Waals surface area contributed by atoms with E-state index in [1.165, 1.54) is 11.3 Å². The Balaban J connectivity index is 1.94. The van der Waals surface area contributed by atoms with Crippen molar-refractivity contribution in [3.63, 3.8) is 0 Å². The third-order valence-corrected chi connectivity index (χ3v) is 3.66. The third-order valence-electron chi connectivity index (χ3n) is 2.91. The zero-order valence-electron chi connectivity index (χ0n) is 9.17. The third kappa shape index (κ3) is 1.78. The first-order valence-corrected chi connectivity index (χ1v) is 6.27. The molecule has 0 bridgehead atoms. The number of aromatic nitrogens is 3. The number of ether oxygens (including phenoxy) is 1. The van der Waals surface area contributed by atoms with Crippen molar-refractivity contribution in [3.8, 4) is 0 Å². The fourth-order valence-electron chi connectivity index (χ4n) is 1.93. The van der Waals surface area contributed by atoms with Crippen LogP contribution in [-0.2, 0) is 4.74 Å². The Morgan fingerprint density at radius 1 is 1.28 bits per heavy atom. The summed E-state index contributed by atoms with van der Waals surface area (Å²) in [7, 11) is 0. The van der Waals surface area contributed by atoms with Crippen LogP contribution >= 0.6 is 11.3 Å². The lowest BCUT2D eigenvalue weighted by molar-refractivity contribution is -0.0252. The number of rotatable bonds is 2. The van der Waals surface area contributed by atoms with E-state index in [0.29, 0.717) is 5.65 Å². The van der Waals surface area contributed by atoms with Gasteiger partial charge in [-0.25, -0.2) is 15.0 Å². The highest BCUT2D eigenvalue weighted by atomic mass is 32.1. The highest BCUT2D eigenvalue weighted by Gasteiger charge is 2.44. The average Bonchev–Trinajstić information content (AvgIpc) is 2.95. The molecule has 96 valence electrons. The van der Waals surface area contributed by atoms with Crippen molar-refractivity contribution in [1.82, 2.24) is 15.0 Å². The fourth-order valence-corrected chi connectivity index (χ4v) is 2.52. The van der Waals surface area contributed by atoms with Gasteiger partial charge in [0.2, 0.25) is 0 Å². The van der Waals surface area contributed by atoms with Crippen LogP contribution in [0, 0.1) is 0 Å². The molecule has 8 heteroatoms. The summed E-state index contributed by atoms with van der Waals surface area (Å²) in [6.45, 7) is -0.367. The Bertz CT molecular complexity index is 563. The Morgan fingerprint density at radius 2 is 2.11 bits per heavy atom. The molecule has 3 rings (SSSR count). The molecule has 1 aliphatic heterocycles. The van der Waals surface area contributed by atoms with E-state index in [-0.39, 0.29) is 12.4 Å². The summed E-state index contributed by atoms with van der Waals surface area (Å²) >= 11 is 1.42. The minimum atomic E-state index is -1.15. The number of thiazole rings is 1. The van der Waals surface area contributed by atoms with Crippen molar-refractivity contribution >= 4 is 21.7 Å². The second-order valence-corrected chi connectivity index (χ2v) is 4.91. The van der Waals surface area contributed by atoms with Crippen molar-refractivity contribution < 1.29 is 20.1 Å². The summed E-state index contributed by atoms with van der Waals surface area (Å²) in [6, 6.07) is 0. The van der Waals surface area contributed by atoms with Gasteiger partial charge in [-0.05, 0) is 0 Å². The van der Waals surface area contributed by atoms with Gasteiger partial charge in [-0.2, -0.15) is 0 Å². The van der Waals surface area contributed by atoms with E-state index in [0.717, 1.165) is 4.70 Å². The number of nitrogens with zero attached hydrogens (tertiary/aromatic N) is 3. The number of fused-ring (bicyclic) bond motifs is 1. The Labute approximate surface area is 106 Å². The lowest BCUT2D eigenvalue weighted by Crippen LogP contribution is -2.32. The van der Waals surface area contributed by atoms with E-state index >= 15 is 0 Å².